The number of halogens is 3. The van der Waals surface area contributed by atoms with Crippen molar-refractivity contribution in [3.8, 4) is 0 Å². The van der Waals surface area contributed by atoms with Crippen LogP contribution in [-0.2, 0) is 9.53 Å². The normalized spacial score (nSPS) is 13.8. The first-order chi connectivity index (χ1) is 6.41. The molecule has 3 N–H and O–H groups in total. The standard InChI is InChI=1S/C7H13F3N2O2/c1-2-14-4-5(3-11)12-6(13)7(8,9)10/h5H,2-4,11H2,1H3,(H,12,13). The third-order valence-corrected chi connectivity index (χ3v) is 1.40. The fourth-order valence-electron chi connectivity index (χ4n) is 0.696. The molecule has 4 nitrogen and oxygen atoms in total. The monoisotopic (exact) mass is 214 g/mol. The van der Waals surface area contributed by atoms with Gasteiger partial charge >= 0.3 is 12.1 Å². The molecule has 7 heteroatoms. The van der Waals surface area contributed by atoms with E-state index in [1.807, 2.05) is 0 Å². The fraction of sp³-hybridized carbons (Fsp3) is 0.857. The van der Waals surface area contributed by atoms with Gasteiger partial charge in [0.1, 0.15) is 0 Å². The van der Waals surface area contributed by atoms with Crippen LogP contribution >= 0.6 is 0 Å². The van der Waals surface area contributed by atoms with Crippen LogP contribution in [0.3, 0.4) is 0 Å². The largest absolute Gasteiger partial charge is 0.471 e. The molecule has 0 rings (SSSR count). The average Bonchev–Trinajstić information content (AvgIpc) is 2.10. The van der Waals surface area contributed by atoms with Gasteiger partial charge in [0.15, 0.2) is 0 Å². The summed E-state index contributed by atoms with van der Waals surface area (Å²) in [5, 5.41) is 1.73. The van der Waals surface area contributed by atoms with Crippen molar-refractivity contribution in [1.82, 2.24) is 5.32 Å². The van der Waals surface area contributed by atoms with Crippen LogP contribution in [0.1, 0.15) is 6.92 Å². The van der Waals surface area contributed by atoms with Gasteiger partial charge in [-0.25, -0.2) is 0 Å². The summed E-state index contributed by atoms with van der Waals surface area (Å²) in [6.45, 7) is 1.94. The Morgan fingerprint density at radius 2 is 2.14 bits per heavy atom. The molecule has 0 spiro atoms. The number of rotatable bonds is 5. The van der Waals surface area contributed by atoms with Gasteiger partial charge in [-0.2, -0.15) is 13.2 Å². The Balaban J connectivity index is 3.99. The van der Waals surface area contributed by atoms with Gasteiger partial charge in [0.05, 0.1) is 12.6 Å². The topological polar surface area (TPSA) is 64.3 Å². The molecule has 0 radical (unpaired) electrons. The van der Waals surface area contributed by atoms with Gasteiger partial charge < -0.3 is 15.8 Å². The molecule has 84 valence electrons. The molecule has 14 heavy (non-hydrogen) atoms. The Labute approximate surface area is 79.6 Å². The van der Waals surface area contributed by atoms with E-state index >= 15 is 0 Å². The maximum absolute atomic E-state index is 11.8. The summed E-state index contributed by atoms with van der Waals surface area (Å²) in [5.74, 6) is -1.99. The second-order valence-corrected chi connectivity index (χ2v) is 2.56. The molecule has 0 aliphatic carbocycles. The lowest BCUT2D eigenvalue weighted by atomic mass is 10.3. The average molecular weight is 214 g/mol. The highest BCUT2D eigenvalue weighted by atomic mass is 19.4. The van der Waals surface area contributed by atoms with Crippen molar-refractivity contribution in [3.63, 3.8) is 0 Å². The zero-order valence-electron chi connectivity index (χ0n) is 7.73. The SMILES string of the molecule is CCOCC(CN)NC(=O)C(F)(F)F. The molecule has 0 aliphatic rings. The van der Waals surface area contributed by atoms with E-state index in [4.69, 9.17) is 10.5 Å². The Morgan fingerprint density at radius 3 is 2.50 bits per heavy atom. The van der Waals surface area contributed by atoms with Crippen LogP contribution in [0.5, 0.6) is 0 Å². The maximum Gasteiger partial charge on any atom is 0.471 e. The highest BCUT2D eigenvalue weighted by molar-refractivity contribution is 5.81. The minimum Gasteiger partial charge on any atom is -0.380 e. The molecule has 0 heterocycles. The minimum atomic E-state index is -4.88. The molecule has 0 saturated carbocycles. The van der Waals surface area contributed by atoms with E-state index in [0.717, 1.165) is 0 Å². The number of carbonyl (C=O) groups is 1. The summed E-state index contributed by atoms with van der Waals surface area (Å²) in [4.78, 5) is 10.4. The van der Waals surface area contributed by atoms with Crippen LogP contribution in [0, 0.1) is 0 Å². The van der Waals surface area contributed by atoms with Gasteiger partial charge in [-0.1, -0.05) is 0 Å². The van der Waals surface area contributed by atoms with Gasteiger partial charge in [0.2, 0.25) is 0 Å². The lowest BCUT2D eigenvalue weighted by Gasteiger charge is -2.17. The molecular formula is C7H13F3N2O2. The molecule has 0 saturated heterocycles. The zero-order valence-corrected chi connectivity index (χ0v) is 7.73. The third-order valence-electron chi connectivity index (χ3n) is 1.40. The Kier molecular flexibility index (Phi) is 5.47. The summed E-state index contributed by atoms with van der Waals surface area (Å²) >= 11 is 0. The minimum absolute atomic E-state index is 0.0190. The number of amides is 1. The van der Waals surface area contributed by atoms with Crippen molar-refractivity contribution < 1.29 is 22.7 Å². The van der Waals surface area contributed by atoms with E-state index in [9.17, 15) is 18.0 Å². The molecular weight excluding hydrogens is 201 g/mol. The third kappa shape index (κ3) is 5.03. The van der Waals surface area contributed by atoms with Crippen LogP contribution in [0.25, 0.3) is 0 Å². The summed E-state index contributed by atoms with van der Waals surface area (Å²) in [6, 6.07) is -0.802. The second kappa shape index (κ2) is 5.82. The number of hydrogen-bond donors (Lipinski definition) is 2. The fourth-order valence-corrected chi connectivity index (χ4v) is 0.696. The van der Waals surface area contributed by atoms with Crippen molar-refractivity contribution in [2.24, 2.45) is 5.73 Å². The number of hydrogen-bond acceptors (Lipinski definition) is 3. The van der Waals surface area contributed by atoms with Gasteiger partial charge in [-0.05, 0) is 6.92 Å². The predicted octanol–water partition coefficient (Wildman–Crippen LogP) is 0.0287. The van der Waals surface area contributed by atoms with Gasteiger partial charge in [-0.3, -0.25) is 4.79 Å². The quantitative estimate of drug-likeness (QED) is 0.678. The summed E-state index contributed by atoms with van der Waals surface area (Å²) in [7, 11) is 0. The molecule has 0 aromatic carbocycles. The lowest BCUT2D eigenvalue weighted by Crippen LogP contribution is -2.48. The lowest BCUT2D eigenvalue weighted by molar-refractivity contribution is -0.174. The van der Waals surface area contributed by atoms with Crippen LogP contribution < -0.4 is 11.1 Å². The highest BCUT2D eigenvalue weighted by Crippen LogP contribution is 2.14. The van der Waals surface area contributed by atoms with E-state index in [0.29, 0.717) is 6.61 Å². The summed E-state index contributed by atoms with van der Waals surface area (Å²) in [5.41, 5.74) is 5.14. The molecule has 0 aromatic heterocycles. The molecule has 0 bridgehead atoms. The Bertz CT molecular complexity index is 184. The van der Waals surface area contributed by atoms with Crippen molar-refractivity contribution in [2.75, 3.05) is 19.8 Å². The Hall–Kier alpha value is -0.820. The van der Waals surface area contributed by atoms with E-state index < -0.39 is 18.1 Å². The maximum atomic E-state index is 11.8. The number of nitrogens with one attached hydrogen (secondary N) is 1. The molecule has 1 atom stereocenters. The van der Waals surface area contributed by atoms with Crippen molar-refractivity contribution in [3.05, 3.63) is 0 Å². The van der Waals surface area contributed by atoms with E-state index in [1.54, 1.807) is 12.2 Å². The van der Waals surface area contributed by atoms with Gasteiger partial charge in [0, 0.05) is 13.2 Å². The number of alkyl halides is 3. The van der Waals surface area contributed by atoms with Crippen molar-refractivity contribution in [2.45, 2.75) is 19.1 Å². The first-order valence-corrected chi connectivity index (χ1v) is 4.07. The van der Waals surface area contributed by atoms with Crippen molar-refractivity contribution in [1.29, 1.82) is 0 Å². The summed E-state index contributed by atoms with van der Waals surface area (Å²) in [6.07, 6.45) is -4.88. The first kappa shape index (κ1) is 13.2. The molecule has 1 amide bonds. The highest BCUT2D eigenvalue weighted by Gasteiger charge is 2.39. The molecule has 0 fully saturated rings. The number of nitrogens with two attached hydrogens (primary N) is 1. The molecule has 0 aliphatic heterocycles. The molecule has 0 aromatic rings. The van der Waals surface area contributed by atoms with Crippen LogP contribution in [0.15, 0.2) is 0 Å². The smallest absolute Gasteiger partial charge is 0.380 e. The van der Waals surface area contributed by atoms with Crippen LogP contribution in [-0.4, -0.2) is 37.9 Å². The van der Waals surface area contributed by atoms with Crippen LogP contribution in [0.4, 0.5) is 13.2 Å². The van der Waals surface area contributed by atoms with Gasteiger partial charge in [-0.15, -0.1) is 0 Å². The van der Waals surface area contributed by atoms with Crippen LogP contribution in [0.2, 0.25) is 0 Å². The van der Waals surface area contributed by atoms with E-state index in [2.05, 4.69) is 0 Å². The first-order valence-electron chi connectivity index (χ1n) is 4.07. The predicted molar refractivity (Wildman–Crippen MR) is 43.5 cm³/mol. The van der Waals surface area contributed by atoms with Crippen molar-refractivity contribution >= 4 is 5.91 Å². The Morgan fingerprint density at radius 1 is 1.57 bits per heavy atom. The summed E-state index contributed by atoms with van der Waals surface area (Å²) < 4.78 is 40.2. The van der Waals surface area contributed by atoms with Gasteiger partial charge in [0.25, 0.3) is 0 Å². The number of carbonyl (C=O) groups excluding carboxylic acids is 1. The van der Waals surface area contributed by atoms with E-state index in [-0.39, 0.29) is 13.2 Å². The zero-order chi connectivity index (χ0) is 11.2. The van der Waals surface area contributed by atoms with E-state index in [1.165, 1.54) is 0 Å². The molecule has 1 unspecified atom stereocenters. The second-order valence-electron chi connectivity index (χ2n) is 2.56. The number of ether oxygens (including phenoxy) is 1.